The molecule has 1 atom stereocenters. The maximum absolute atomic E-state index is 13.4. The van der Waals surface area contributed by atoms with E-state index in [1.165, 1.54) is 18.2 Å². The summed E-state index contributed by atoms with van der Waals surface area (Å²) in [6.07, 6.45) is 2.47. The molecule has 4 heteroatoms. The summed E-state index contributed by atoms with van der Waals surface area (Å²) in [5.41, 5.74) is 1.64. The van der Waals surface area contributed by atoms with Crippen molar-refractivity contribution >= 4 is 12.0 Å². The first-order chi connectivity index (χ1) is 9.61. The Kier molecular flexibility index (Phi) is 5.67. The number of hydrogen-bond acceptors (Lipinski definition) is 2. The quantitative estimate of drug-likeness (QED) is 0.840. The van der Waals surface area contributed by atoms with Crippen molar-refractivity contribution in [1.29, 1.82) is 0 Å². The van der Waals surface area contributed by atoms with Crippen LogP contribution in [0.3, 0.4) is 0 Å². The highest BCUT2D eigenvalue weighted by Gasteiger charge is 2.24. The molecule has 0 spiro atoms. The number of carboxylic acids is 1. The largest absolute Gasteiger partial charge is 0.478 e. The zero-order valence-electron chi connectivity index (χ0n) is 13.4. The second kappa shape index (κ2) is 6.85. The van der Waals surface area contributed by atoms with E-state index >= 15 is 0 Å². The Labute approximate surface area is 126 Å². The van der Waals surface area contributed by atoms with E-state index < -0.39 is 5.97 Å². The summed E-state index contributed by atoms with van der Waals surface area (Å²) >= 11 is 0. The first-order valence-electron chi connectivity index (χ1n) is 7.01. The third-order valence-corrected chi connectivity index (χ3v) is 3.85. The van der Waals surface area contributed by atoms with E-state index in [0.29, 0.717) is 18.2 Å². The molecule has 21 heavy (non-hydrogen) atoms. The first-order valence-corrected chi connectivity index (χ1v) is 7.01. The van der Waals surface area contributed by atoms with Gasteiger partial charge in [0.25, 0.3) is 0 Å². The molecule has 0 aromatic heterocycles. The second-order valence-corrected chi connectivity index (χ2v) is 6.47. The molecule has 0 bridgehead atoms. The van der Waals surface area contributed by atoms with Crippen LogP contribution in [-0.4, -0.2) is 29.1 Å². The number of benzene rings is 1. The lowest BCUT2D eigenvalue weighted by molar-refractivity contribution is -0.131. The van der Waals surface area contributed by atoms with Gasteiger partial charge in [-0.15, -0.1) is 0 Å². The summed E-state index contributed by atoms with van der Waals surface area (Å²) in [4.78, 5) is 12.8. The van der Waals surface area contributed by atoms with Crippen molar-refractivity contribution in [3.63, 3.8) is 0 Å². The second-order valence-electron chi connectivity index (χ2n) is 6.47. The molecule has 0 aliphatic carbocycles. The molecule has 0 saturated heterocycles. The number of hydrogen-bond donors (Lipinski definition) is 1. The Hall–Kier alpha value is -1.68. The monoisotopic (exact) mass is 293 g/mol. The standard InChI is InChI=1S/C17H24FNO2/c1-12(17(2,3)4)19(5)11-14-6-8-15(18)10-13(14)7-9-16(20)21/h6-10,12H,11H2,1-5H3,(H,20,21). The van der Waals surface area contributed by atoms with Gasteiger partial charge in [0.1, 0.15) is 5.82 Å². The zero-order valence-corrected chi connectivity index (χ0v) is 13.4. The Balaban J connectivity index is 3.00. The fraction of sp³-hybridized carbons (Fsp3) is 0.471. The van der Waals surface area contributed by atoms with Gasteiger partial charge in [-0.3, -0.25) is 4.90 Å². The minimum absolute atomic E-state index is 0.131. The highest BCUT2D eigenvalue weighted by atomic mass is 19.1. The van der Waals surface area contributed by atoms with Gasteiger partial charge in [-0.25, -0.2) is 9.18 Å². The number of carboxylic acid groups (broad SMARTS) is 1. The molecule has 0 aliphatic rings. The van der Waals surface area contributed by atoms with Crippen LogP contribution in [0.1, 0.15) is 38.8 Å². The smallest absolute Gasteiger partial charge is 0.328 e. The van der Waals surface area contributed by atoms with Gasteiger partial charge in [-0.1, -0.05) is 26.8 Å². The van der Waals surface area contributed by atoms with Gasteiger partial charge >= 0.3 is 5.97 Å². The third-order valence-electron chi connectivity index (χ3n) is 3.85. The van der Waals surface area contributed by atoms with Crippen LogP contribution in [0.4, 0.5) is 4.39 Å². The molecular weight excluding hydrogens is 269 g/mol. The molecule has 0 radical (unpaired) electrons. The van der Waals surface area contributed by atoms with Gasteiger partial charge in [0.05, 0.1) is 0 Å². The van der Waals surface area contributed by atoms with Gasteiger partial charge < -0.3 is 5.11 Å². The lowest BCUT2D eigenvalue weighted by Crippen LogP contribution is -2.38. The van der Waals surface area contributed by atoms with Gasteiger partial charge in [0.15, 0.2) is 0 Å². The van der Waals surface area contributed by atoms with Crippen LogP contribution in [0.5, 0.6) is 0 Å². The number of halogens is 1. The molecule has 0 fully saturated rings. The van der Waals surface area contributed by atoms with Crippen molar-refractivity contribution in [3.8, 4) is 0 Å². The molecule has 1 rings (SSSR count). The highest BCUT2D eigenvalue weighted by molar-refractivity contribution is 5.85. The maximum Gasteiger partial charge on any atom is 0.328 e. The summed E-state index contributed by atoms with van der Waals surface area (Å²) in [5, 5.41) is 8.72. The number of aliphatic carboxylic acids is 1. The lowest BCUT2D eigenvalue weighted by atomic mass is 9.87. The molecule has 3 nitrogen and oxygen atoms in total. The first kappa shape index (κ1) is 17.4. The average molecular weight is 293 g/mol. The van der Waals surface area contributed by atoms with Crippen LogP contribution >= 0.6 is 0 Å². The van der Waals surface area contributed by atoms with Crippen molar-refractivity contribution in [2.24, 2.45) is 5.41 Å². The van der Waals surface area contributed by atoms with E-state index in [4.69, 9.17) is 5.11 Å². The minimum atomic E-state index is -1.04. The number of carbonyl (C=O) groups is 1. The highest BCUT2D eigenvalue weighted by Crippen LogP contribution is 2.25. The molecule has 0 heterocycles. The Morgan fingerprint density at radius 1 is 1.43 bits per heavy atom. The van der Waals surface area contributed by atoms with Gasteiger partial charge in [0, 0.05) is 18.7 Å². The summed E-state index contributed by atoms with van der Waals surface area (Å²) in [5.74, 6) is -1.41. The molecule has 1 aromatic carbocycles. The van der Waals surface area contributed by atoms with Crippen LogP contribution in [-0.2, 0) is 11.3 Å². The lowest BCUT2D eigenvalue weighted by Gasteiger charge is -2.35. The molecule has 1 N–H and O–H groups in total. The Morgan fingerprint density at radius 2 is 2.05 bits per heavy atom. The topological polar surface area (TPSA) is 40.5 Å². The fourth-order valence-electron chi connectivity index (χ4n) is 2.09. The van der Waals surface area contributed by atoms with Crippen molar-refractivity contribution in [3.05, 3.63) is 41.2 Å². The minimum Gasteiger partial charge on any atom is -0.478 e. The van der Waals surface area contributed by atoms with E-state index in [2.05, 4.69) is 32.6 Å². The number of rotatable bonds is 5. The van der Waals surface area contributed by atoms with Crippen LogP contribution < -0.4 is 0 Å². The van der Waals surface area contributed by atoms with Gasteiger partial charge in [0.2, 0.25) is 0 Å². The summed E-state index contributed by atoms with van der Waals surface area (Å²) in [6, 6.07) is 4.81. The van der Waals surface area contributed by atoms with Crippen LogP contribution in [0.2, 0.25) is 0 Å². The van der Waals surface area contributed by atoms with E-state index in [1.54, 1.807) is 6.07 Å². The molecule has 1 unspecified atom stereocenters. The predicted octanol–water partition coefficient (Wildman–Crippen LogP) is 3.79. The van der Waals surface area contributed by atoms with Crippen molar-refractivity contribution < 1.29 is 14.3 Å². The van der Waals surface area contributed by atoms with E-state index in [9.17, 15) is 9.18 Å². The van der Waals surface area contributed by atoms with E-state index in [-0.39, 0.29) is 11.2 Å². The average Bonchev–Trinajstić information content (AvgIpc) is 2.36. The molecule has 0 saturated carbocycles. The fourth-order valence-corrected chi connectivity index (χ4v) is 2.09. The Morgan fingerprint density at radius 3 is 2.57 bits per heavy atom. The van der Waals surface area contributed by atoms with Gasteiger partial charge in [-0.2, -0.15) is 0 Å². The van der Waals surface area contributed by atoms with Gasteiger partial charge in [-0.05, 0) is 48.7 Å². The van der Waals surface area contributed by atoms with Crippen LogP contribution in [0.25, 0.3) is 6.08 Å². The third kappa shape index (κ3) is 5.31. The molecule has 116 valence electrons. The molecular formula is C17H24FNO2. The SMILES string of the molecule is CC(N(C)Cc1ccc(F)cc1C=CC(=O)O)C(C)(C)C. The maximum atomic E-state index is 13.4. The molecule has 0 aliphatic heterocycles. The normalized spacial score (nSPS) is 13.9. The predicted molar refractivity (Wildman–Crippen MR) is 83.5 cm³/mol. The van der Waals surface area contributed by atoms with E-state index in [0.717, 1.165) is 11.6 Å². The summed E-state index contributed by atoms with van der Waals surface area (Å²) in [6.45, 7) is 9.30. The van der Waals surface area contributed by atoms with Crippen LogP contribution in [0.15, 0.2) is 24.3 Å². The Bertz CT molecular complexity index is 532. The van der Waals surface area contributed by atoms with Crippen LogP contribution in [0, 0.1) is 11.2 Å². The molecule has 0 amide bonds. The van der Waals surface area contributed by atoms with Crippen molar-refractivity contribution in [2.45, 2.75) is 40.3 Å². The van der Waals surface area contributed by atoms with Crippen molar-refractivity contribution in [1.82, 2.24) is 4.90 Å². The number of nitrogens with zero attached hydrogens (tertiary/aromatic N) is 1. The zero-order chi connectivity index (χ0) is 16.2. The summed E-state index contributed by atoms with van der Waals surface area (Å²) < 4.78 is 13.4. The van der Waals surface area contributed by atoms with E-state index in [1.807, 2.05) is 7.05 Å². The van der Waals surface area contributed by atoms with Crippen molar-refractivity contribution in [2.75, 3.05) is 7.05 Å². The molecule has 1 aromatic rings. The summed E-state index contributed by atoms with van der Waals surface area (Å²) in [7, 11) is 2.02.